The molecule has 0 spiro atoms. The molecule has 3 rings (SSSR count). The summed E-state index contributed by atoms with van der Waals surface area (Å²) in [7, 11) is 0. The molecule has 90 valence electrons. The third kappa shape index (κ3) is 1.86. The molecule has 1 aliphatic rings. The maximum Gasteiger partial charge on any atom is 0.123 e. The second kappa shape index (κ2) is 4.09. The Morgan fingerprint density at radius 3 is 2.17 bits per heavy atom. The van der Waals surface area contributed by atoms with Crippen LogP contribution in [-0.2, 0) is 5.41 Å². The fourth-order valence-electron chi connectivity index (χ4n) is 2.60. The van der Waals surface area contributed by atoms with E-state index in [0.29, 0.717) is 0 Å². The fourth-order valence-corrected chi connectivity index (χ4v) is 2.60. The lowest BCUT2D eigenvalue weighted by Crippen LogP contribution is -2.27. The van der Waals surface area contributed by atoms with E-state index in [0.717, 1.165) is 6.42 Å². The summed E-state index contributed by atoms with van der Waals surface area (Å²) in [5.41, 5.74) is 3.90. The van der Waals surface area contributed by atoms with Gasteiger partial charge in [0.05, 0.1) is 0 Å². The van der Waals surface area contributed by atoms with Crippen molar-refractivity contribution in [1.29, 1.82) is 0 Å². The van der Waals surface area contributed by atoms with E-state index in [-0.39, 0.29) is 11.2 Å². The van der Waals surface area contributed by atoms with Gasteiger partial charge in [-0.3, -0.25) is 0 Å². The molecule has 0 nitrogen and oxygen atoms in total. The average molecular weight is 238 g/mol. The zero-order chi connectivity index (χ0) is 12.6. The lowest BCUT2D eigenvalue weighted by molar-refractivity contribution is 0.565. The highest BCUT2D eigenvalue weighted by Crippen LogP contribution is 2.45. The molecule has 0 aliphatic heterocycles. The maximum absolute atomic E-state index is 12.9. The zero-order valence-electron chi connectivity index (χ0n) is 10.4. The molecule has 1 heteroatoms. The van der Waals surface area contributed by atoms with E-state index in [4.69, 9.17) is 0 Å². The molecule has 0 heterocycles. The topological polar surface area (TPSA) is 0 Å². The monoisotopic (exact) mass is 238 g/mol. The highest BCUT2D eigenvalue weighted by atomic mass is 19.1. The number of halogens is 1. The second-order valence-electron chi connectivity index (χ2n) is 5.14. The standard InChI is InChI=1S/C17H15F/c1-17(15-7-9-16(18)10-8-15)11-14(12-17)13-5-3-2-4-6-13/h2-11H,12H2,1H3/t17-/m0/s1. The summed E-state index contributed by atoms with van der Waals surface area (Å²) in [5.74, 6) is -0.172. The van der Waals surface area contributed by atoms with Crippen molar-refractivity contribution in [3.63, 3.8) is 0 Å². The molecule has 0 unspecified atom stereocenters. The minimum atomic E-state index is -0.172. The van der Waals surface area contributed by atoms with E-state index >= 15 is 0 Å². The van der Waals surface area contributed by atoms with Gasteiger partial charge in [0, 0.05) is 5.41 Å². The predicted molar refractivity (Wildman–Crippen MR) is 72.8 cm³/mol. The molecule has 2 aromatic carbocycles. The van der Waals surface area contributed by atoms with E-state index in [1.54, 1.807) is 0 Å². The van der Waals surface area contributed by atoms with Crippen molar-refractivity contribution in [3.8, 4) is 0 Å². The Hall–Kier alpha value is -1.89. The molecule has 0 fully saturated rings. The molecule has 0 amide bonds. The van der Waals surface area contributed by atoms with Gasteiger partial charge in [-0.2, -0.15) is 0 Å². The third-order valence-corrected chi connectivity index (χ3v) is 3.70. The fraction of sp³-hybridized carbons (Fsp3) is 0.176. The van der Waals surface area contributed by atoms with Crippen molar-refractivity contribution in [2.24, 2.45) is 0 Å². The van der Waals surface area contributed by atoms with Gasteiger partial charge in [-0.25, -0.2) is 4.39 Å². The van der Waals surface area contributed by atoms with Crippen LogP contribution in [0, 0.1) is 5.82 Å². The number of hydrogen-bond acceptors (Lipinski definition) is 0. The largest absolute Gasteiger partial charge is 0.207 e. The van der Waals surface area contributed by atoms with Crippen LogP contribution in [-0.4, -0.2) is 0 Å². The van der Waals surface area contributed by atoms with Gasteiger partial charge >= 0.3 is 0 Å². The van der Waals surface area contributed by atoms with Gasteiger partial charge in [0.15, 0.2) is 0 Å². The van der Waals surface area contributed by atoms with Crippen LogP contribution >= 0.6 is 0 Å². The molecule has 0 bridgehead atoms. The normalized spacial score (nSPS) is 22.2. The SMILES string of the molecule is C[C@]1(c2ccc(F)cc2)C=C(c2ccccc2)C1. The Kier molecular flexibility index (Phi) is 2.55. The summed E-state index contributed by atoms with van der Waals surface area (Å²) in [4.78, 5) is 0. The summed E-state index contributed by atoms with van der Waals surface area (Å²) < 4.78 is 12.9. The van der Waals surface area contributed by atoms with Crippen LogP contribution < -0.4 is 0 Å². The van der Waals surface area contributed by atoms with Gasteiger partial charge in [0.1, 0.15) is 5.82 Å². The minimum absolute atomic E-state index is 0.0544. The van der Waals surface area contributed by atoms with Crippen LogP contribution in [0.2, 0.25) is 0 Å². The first-order chi connectivity index (χ1) is 8.67. The van der Waals surface area contributed by atoms with Crippen molar-refractivity contribution in [2.45, 2.75) is 18.8 Å². The zero-order valence-corrected chi connectivity index (χ0v) is 10.4. The molecule has 18 heavy (non-hydrogen) atoms. The van der Waals surface area contributed by atoms with Crippen molar-refractivity contribution in [2.75, 3.05) is 0 Å². The van der Waals surface area contributed by atoms with Gasteiger partial charge in [-0.15, -0.1) is 0 Å². The minimum Gasteiger partial charge on any atom is -0.207 e. The third-order valence-electron chi connectivity index (χ3n) is 3.70. The molecule has 2 aromatic rings. The molecule has 0 saturated heterocycles. The van der Waals surface area contributed by atoms with Gasteiger partial charge in [0.25, 0.3) is 0 Å². The number of hydrogen-bond donors (Lipinski definition) is 0. The molecular weight excluding hydrogens is 223 g/mol. The van der Waals surface area contributed by atoms with Crippen molar-refractivity contribution in [3.05, 3.63) is 77.6 Å². The average Bonchev–Trinajstić information content (AvgIpc) is 2.37. The summed E-state index contributed by atoms with van der Waals surface area (Å²) in [6, 6.07) is 17.3. The van der Waals surface area contributed by atoms with Crippen LogP contribution in [0.5, 0.6) is 0 Å². The van der Waals surface area contributed by atoms with E-state index < -0.39 is 0 Å². The van der Waals surface area contributed by atoms with E-state index in [1.165, 1.54) is 28.8 Å². The van der Waals surface area contributed by atoms with E-state index in [2.05, 4.69) is 37.3 Å². The van der Waals surface area contributed by atoms with Crippen molar-refractivity contribution < 1.29 is 4.39 Å². The van der Waals surface area contributed by atoms with Crippen LogP contribution in [0.25, 0.3) is 5.57 Å². The Morgan fingerprint density at radius 2 is 1.56 bits per heavy atom. The number of benzene rings is 2. The first-order valence-electron chi connectivity index (χ1n) is 6.21. The van der Waals surface area contributed by atoms with Crippen LogP contribution in [0.4, 0.5) is 4.39 Å². The molecule has 0 radical (unpaired) electrons. The van der Waals surface area contributed by atoms with Gasteiger partial charge in [-0.1, -0.05) is 55.5 Å². The van der Waals surface area contributed by atoms with Crippen LogP contribution in [0.15, 0.2) is 60.7 Å². The Bertz CT molecular complexity index is 581. The lowest BCUT2D eigenvalue weighted by atomic mass is 9.66. The molecule has 0 saturated carbocycles. The van der Waals surface area contributed by atoms with Gasteiger partial charge < -0.3 is 0 Å². The molecule has 0 aromatic heterocycles. The second-order valence-corrected chi connectivity index (χ2v) is 5.14. The summed E-state index contributed by atoms with van der Waals surface area (Å²) in [5, 5.41) is 0. The first-order valence-corrected chi connectivity index (χ1v) is 6.21. The van der Waals surface area contributed by atoms with E-state index in [1.807, 2.05) is 18.2 Å². The molecular formula is C17H15F. The quantitative estimate of drug-likeness (QED) is 0.719. The smallest absolute Gasteiger partial charge is 0.123 e. The number of rotatable bonds is 2. The molecule has 1 atom stereocenters. The van der Waals surface area contributed by atoms with Crippen LogP contribution in [0.3, 0.4) is 0 Å². The maximum atomic E-state index is 12.9. The highest BCUT2D eigenvalue weighted by molar-refractivity contribution is 5.75. The van der Waals surface area contributed by atoms with Gasteiger partial charge in [0.2, 0.25) is 0 Å². The summed E-state index contributed by atoms with van der Waals surface area (Å²) >= 11 is 0. The number of allylic oxidation sites excluding steroid dienone is 2. The Balaban J connectivity index is 1.89. The van der Waals surface area contributed by atoms with Crippen molar-refractivity contribution >= 4 is 5.57 Å². The Labute approximate surface area is 107 Å². The summed E-state index contributed by atoms with van der Waals surface area (Å²) in [6.45, 7) is 2.20. The van der Waals surface area contributed by atoms with Crippen LogP contribution in [0.1, 0.15) is 24.5 Å². The predicted octanol–water partition coefficient (Wildman–Crippen LogP) is 4.57. The Morgan fingerprint density at radius 1 is 0.944 bits per heavy atom. The molecule has 0 N–H and O–H groups in total. The lowest BCUT2D eigenvalue weighted by Gasteiger charge is -2.37. The first kappa shape index (κ1) is 11.2. The van der Waals surface area contributed by atoms with Crippen molar-refractivity contribution in [1.82, 2.24) is 0 Å². The highest BCUT2D eigenvalue weighted by Gasteiger charge is 2.33. The van der Waals surface area contributed by atoms with E-state index in [9.17, 15) is 4.39 Å². The molecule has 1 aliphatic carbocycles. The van der Waals surface area contributed by atoms with Gasteiger partial charge in [-0.05, 0) is 35.3 Å². The summed E-state index contributed by atoms with van der Waals surface area (Å²) in [6.07, 6.45) is 3.30.